The van der Waals surface area contributed by atoms with Crippen molar-refractivity contribution in [3.05, 3.63) is 0 Å². The minimum Gasteiger partial charge on any atom is -0.447 e. The second-order valence-electron chi connectivity index (χ2n) is 1.49. The van der Waals surface area contributed by atoms with Gasteiger partial charge in [0.15, 0.2) is 0 Å². The van der Waals surface area contributed by atoms with E-state index in [4.69, 9.17) is 0 Å². The molecule has 0 fully saturated rings. The number of rotatable bonds is 2. The van der Waals surface area contributed by atoms with Crippen LogP contribution < -0.4 is 0 Å². The van der Waals surface area contributed by atoms with Gasteiger partial charge in [-0.15, -0.1) is 0 Å². The molecule has 52 valence electrons. The first kappa shape index (κ1) is 8.37. The zero-order valence-electron chi connectivity index (χ0n) is 5.16. The van der Waals surface area contributed by atoms with Crippen molar-refractivity contribution in [3.8, 4) is 0 Å². The minimum absolute atomic E-state index is 0.582. The van der Waals surface area contributed by atoms with Crippen LogP contribution in [0.5, 0.6) is 0 Å². The number of hydrogen-bond donors (Lipinski definition) is 0. The van der Waals surface area contributed by atoms with Crippen LogP contribution in [-0.4, -0.2) is 11.8 Å². The highest BCUT2D eigenvalue weighted by atomic mass is 31.1. The number of ether oxygens (including phenoxy) is 1. The molecule has 0 bridgehead atoms. The number of hydrogen-bond acceptors (Lipinski definition) is 4. The Balaban J connectivity index is 3.78. The molecule has 0 aliphatic rings. The Bertz CT molecular complexity index is 163. The molecule has 9 heavy (non-hydrogen) atoms. The average molecular weight is 150 g/mol. The molecule has 0 aromatic carbocycles. The van der Waals surface area contributed by atoms with Crippen LogP contribution in [0, 0.1) is 0 Å². The monoisotopic (exact) mass is 150 g/mol. The summed E-state index contributed by atoms with van der Waals surface area (Å²) in [5, 5.41) is 0. The van der Waals surface area contributed by atoms with E-state index in [1.54, 1.807) is 0 Å². The van der Waals surface area contributed by atoms with Gasteiger partial charge in [0.25, 0.3) is 0 Å². The van der Waals surface area contributed by atoms with Crippen LogP contribution in [0.3, 0.4) is 0 Å². The lowest BCUT2D eigenvalue weighted by Gasteiger charge is -1.99. The van der Waals surface area contributed by atoms with Crippen molar-refractivity contribution in [2.45, 2.75) is 19.7 Å². The second kappa shape index (κ2) is 3.41. The molecule has 0 aromatic heterocycles. The molecule has 0 heterocycles. The van der Waals surface area contributed by atoms with Gasteiger partial charge in [-0.1, -0.05) is 0 Å². The standard InChI is InChI=1S/C4H7O4P/c1-3(5)8-4(2)9(6)7/h4H,1-2H3. The molecular formula is C4H7O4P. The fourth-order valence-electron chi connectivity index (χ4n) is 0.283. The molecule has 1 unspecified atom stereocenters. The highest BCUT2D eigenvalue weighted by molar-refractivity contribution is 7.31. The highest BCUT2D eigenvalue weighted by Crippen LogP contribution is 2.13. The molecule has 1 atom stereocenters. The van der Waals surface area contributed by atoms with Crippen LogP contribution in [0.1, 0.15) is 13.8 Å². The number of carbonyl (C=O) groups is 1. The summed E-state index contributed by atoms with van der Waals surface area (Å²) in [5.74, 6) is -1.58. The van der Waals surface area contributed by atoms with E-state index in [0.29, 0.717) is 0 Å². The summed E-state index contributed by atoms with van der Waals surface area (Å²) < 4.78 is 24.3. The molecule has 0 saturated carbocycles. The first-order chi connectivity index (χ1) is 4.04. The molecule has 0 rings (SSSR count). The van der Waals surface area contributed by atoms with E-state index in [2.05, 4.69) is 4.74 Å². The lowest BCUT2D eigenvalue weighted by molar-refractivity contribution is -0.142. The molecule has 0 aliphatic heterocycles. The summed E-state index contributed by atoms with van der Waals surface area (Å²) in [5.41, 5.74) is 0. The normalized spacial score (nSPS) is 12.2. The van der Waals surface area contributed by atoms with Crippen LogP contribution in [0.15, 0.2) is 0 Å². The third kappa shape index (κ3) is 3.91. The predicted molar refractivity (Wildman–Crippen MR) is 29.5 cm³/mol. The Morgan fingerprint density at radius 3 is 2.11 bits per heavy atom. The Kier molecular flexibility index (Phi) is 3.17. The van der Waals surface area contributed by atoms with Crippen LogP contribution in [0.4, 0.5) is 0 Å². The van der Waals surface area contributed by atoms with Gasteiger partial charge in [-0.25, -0.2) is 9.13 Å². The molecule has 0 N–H and O–H groups in total. The van der Waals surface area contributed by atoms with E-state index in [-0.39, 0.29) is 0 Å². The zero-order chi connectivity index (χ0) is 7.44. The quantitative estimate of drug-likeness (QED) is 0.436. The smallest absolute Gasteiger partial charge is 0.357 e. The van der Waals surface area contributed by atoms with E-state index in [9.17, 15) is 13.9 Å². The van der Waals surface area contributed by atoms with Crippen LogP contribution >= 0.6 is 7.68 Å². The topological polar surface area (TPSA) is 60.4 Å². The Morgan fingerprint density at radius 2 is 2.00 bits per heavy atom. The average Bonchev–Trinajstić information content (AvgIpc) is 1.63. The van der Waals surface area contributed by atoms with Crippen molar-refractivity contribution < 1.29 is 18.7 Å². The van der Waals surface area contributed by atoms with Crippen LogP contribution in [-0.2, 0) is 18.7 Å². The maximum Gasteiger partial charge on any atom is 0.357 e. The van der Waals surface area contributed by atoms with Gasteiger partial charge >= 0.3 is 13.6 Å². The van der Waals surface area contributed by atoms with Gasteiger partial charge in [-0.2, -0.15) is 0 Å². The van der Waals surface area contributed by atoms with Crippen molar-refractivity contribution in [1.82, 2.24) is 0 Å². The summed E-state index contributed by atoms with van der Waals surface area (Å²) in [6, 6.07) is 0. The van der Waals surface area contributed by atoms with Crippen molar-refractivity contribution in [3.63, 3.8) is 0 Å². The molecule has 0 spiro atoms. The first-order valence-corrected chi connectivity index (χ1v) is 3.59. The van der Waals surface area contributed by atoms with Gasteiger partial charge in [0.05, 0.1) is 0 Å². The van der Waals surface area contributed by atoms with Crippen LogP contribution in [0.25, 0.3) is 0 Å². The van der Waals surface area contributed by atoms with E-state index in [1.807, 2.05) is 0 Å². The molecule has 0 saturated heterocycles. The third-order valence-corrected chi connectivity index (χ3v) is 1.33. The lowest BCUT2D eigenvalue weighted by Crippen LogP contribution is -2.05. The second-order valence-corrected chi connectivity index (χ2v) is 2.79. The summed E-state index contributed by atoms with van der Waals surface area (Å²) in [4.78, 5) is 10.1. The third-order valence-electron chi connectivity index (χ3n) is 0.633. The summed E-state index contributed by atoms with van der Waals surface area (Å²) in [7, 11) is -2.64. The largest absolute Gasteiger partial charge is 0.447 e. The van der Waals surface area contributed by atoms with Gasteiger partial charge in [-0.3, -0.25) is 4.79 Å². The molecule has 0 aromatic rings. The zero-order valence-corrected chi connectivity index (χ0v) is 6.05. The van der Waals surface area contributed by atoms with Crippen molar-refractivity contribution >= 4 is 13.6 Å². The summed E-state index contributed by atoms with van der Waals surface area (Å²) in [6.45, 7) is 2.46. The molecule has 4 nitrogen and oxygen atoms in total. The van der Waals surface area contributed by atoms with E-state index in [1.165, 1.54) is 6.92 Å². The summed E-state index contributed by atoms with van der Waals surface area (Å²) >= 11 is 0. The first-order valence-electron chi connectivity index (χ1n) is 2.34. The van der Waals surface area contributed by atoms with E-state index < -0.39 is 19.5 Å². The van der Waals surface area contributed by atoms with E-state index >= 15 is 0 Å². The maximum absolute atomic E-state index is 10.1. The lowest BCUT2D eigenvalue weighted by atomic mass is 10.8. The number of esters is 1. The number of carbonyl (C=O) groups excluding carboxylic acids is 1. The minimum atomic E-state index is -2.64. The van der Waals surface area contributed by atoms with Gasteiger partial charge in [0.2, 0.25) is 5.85 Å². The molecular weight excluding hydrogens is 143 g/mol. The van der Waals surface area contributed by atoms with Gasteiger partial charge < -0.3 is 4.74 Å². The van der Waals surface area contributed by atoms with Crippen molar-refractivity contribution in [2.75, 3.05) is 0 Å². The van der Waals surface area contributed by atoms with Gasteiger partial charge in [-0.05, 0) is 6.92 Å². The summed E-state index contributed by atoms with van der Waals surface area (Å²) in [6.07, 6.45) is 0. The van der Waals surface area contributed by atoms with Crippen molar-refractivity contribution in [2.24, 2.45) is 0 Å². The molecule has 5 heteroatoms. The fraction of sp³-hybridized carbons (Fsp3) is 0.750. The van der Waals surface area contributed by atoms with Crippen molar-refractivity contribution in [1.29, 1.82) is 0 Å². The highest BCUT2D eigenvalue weighted by Gasteiger charge is 2.09. The molecule has 0 radical (unpaired) electrons. The Hall–Kier alpha value is -0.630. The Morgan fingerprint density at radius 1 is 1.56 bits per heavy atom. The SMILES string of the molecule is CC(=O)OC(C)P(=O)=O. The predicted octanol–water partition coefficient (Wildman–Crippen LogP) is 1.07. The van der Waals surface area contributed by atoms with Crippen LogP contribution in [0.2, 0.25) is 0 Å². The molecule has 0 amide bonds. The maximum atomic E-state index is 10.1. The van der Waals surface area contributed by atoms with E-state index in [0.717, 1.165) is 6.92 Å². The Labute approximate surface area is 53.0 Å². The molecule has 0 aliphatic carbocycles. The van der Waals surface area contributed by atoms with Gasteiger partial charge in [0, 0.05) is 6.92 Å². The van der Waals surface area contributed by atoms with Gasteiger partial charge in [0.1, 0.15) is 0 Å². The fourth-order valence-corrected chi connectivity index (χ4v) is 0.518.